The average Bonchev–Trinajstić information content (AvgIpc) is 3.20. The number of hydrogen-bond donors (Lipinski definition) is 0. The Kier molecular flexibility index (Phi) is 4.99. The van der Waals surface area contributed by atoms with E-state index < -0.39 is 35.8 Å². The number of ether oxygens (including phenoxy) is 2. The van der Waals surface area contributed by atoms with Gasteiger partial charge in [0.05, 0.1) is 14.2 Å². The number of esters is 2. The quantitative estimate of drug-likeness (QED) is 0.495. The van der Waals surface area contributed by atoms with Gasteiger partial charge < -0.3 is 19.3 Å². The van der Waals surface area contributed by atoms with E-state index in [0.29, 0.717) is 38.8 Å². The highest BCUT2D eigenvalue weighted by atomic mass is 16.5. The molecule has 0 unspecified atom stereocenters. The molecule has 0 aromatic heterocycles. The van der Waals surface area contributed by atoms with Crippen LogP contribution >= 0.6 is 0 Å². The van der Waals surface area contributed by atoms with Gasteiger partial charge in [-0.25, -0.2) is 9.59 Å². The maximum absolute atomic E-state index is 12.4. The van der Waals surface area contributed by atoms with Gasteiger partial charge in [0.2, 0.25) is 0 Å². The van der Waals surface area contributed by atoms with Crippen LogP contribution in [0.4, 0.5) is 0 Å². The Hall–Kier alpha value is -2.12. The molecule has 0 radical (unpaired) electrons. The summed E-state index contributed by atoms with van der Waals surface area (Å²) in [5.74, 6) is -2.57. The first-order valence-corrected chi connectivity index (χ1v) is 7.28. The Morgan fingerprint density at radius 1 is 0.773 bits per heavy atom. The molecule has 0 aliphatic carbocycles. The summed E-state index contributed by atoms with van der Waals surface area (Å²) >= 11 is 0. The molecule has 0 aromatic rings. The maximum Gasteiger partial charge on any atom is 0.328 e. The van der Waals surface area contributed by atoms with Crippen molar-refractivity contribution < 1.29 is 28.7 Å². The van der Waals surface area contributed by atoms with Crippen LogP contribution in [0.15, 0.2) is 0 Å². The molecule has 22 heavy (non-hydrogen) atoms. The first-order valence-electron chi connectivity index (χ1n) is 7.28. The fourth-order valence-electron chi connectivity index (χ4n) is 3.03. The summed E-state index contributed by atoms with van der Waals surface area (Å²) in [6.45, 7) is 0.669. The van der Waals surface area contributed by atoms with Crippen LogP contribution in [0.5, 0.6) is 0 Å². The predicted octanol–water partition coefficient (Wildman–Crippen LogP) is -0.686. The SMILES string of the molecule is COC(=O)[C@@H]1CCCN1C(=O)C(=O)N1CCC[C@H]1C(=O)OC. The van der Waals surface area contributed by atoms with Gasteiger partial charge in [0.1, 0.15) is 12.1 Å². The summed E-state index contributed by atoms with van der Waals surface area (Å²) in [6, 6.07) is -1.44. The molecule has 0 spiro atoms. The number of amides is 2. The van der Waals surface area contributed by atoms with Crippen LogP contribution in [-0.4, -0.2) is 72.9 Å². The Morgan fingerprint density at radius 2 is 1.14 bits per heavy atom. The zero-order valence-electron chi connectivity index (χ0n) is 12.7. The van der Waals surface area contributed by atoms with Gasteiger partial charge in [0.15, 0.2) is 0 Å². The number of rotatable bonds is 2. The third-order valence-electron chi connectivity index (χ3n) is 4.16. The van der Waals surface area contributed by atoms with Gasteiger partial charge in [-0.15, -0.1) is 0 Å². The van der Waals surface area contributed by atoms with E-state index in [1.54, 1.807) is 0 Å². The molecule has 8 nitrogen and oxygen atoms in total. The van der Waals surface area contributed by atoms with E-state index >= 15 is 0 Å². The smallest absolute Gasteiger partial charge is 0.328 e. The number of methoxy groups -OCH3 is 2. The van der Waals surface area contributed by atoms with E-state index in [4.69, 9.17) is 0 Å². The second-order valence-corrected chi connectivity index (χ2v) is 5.36. The zero-order valence-corrected chi connectivity index (χ0v) is 12.7. The summed E-state index contributed by atoms with van der Waals surface area (Å²) < 4.78 is 9.33. The first kappa shape index (κ1) is 16.3. The van der Waals surface area contributed by atoms with Crippen LogP contribution in [0.3, 0.4) is 0 Å². The highest BCUT2D eigenvalue weighted by molar-refractivity contribution is 6.35. The van der Waals surface area contributed by atoms with Gasteiger partial charge in [0, 0.05) is 13.1 Å². The lowest BCUT2D eigenvalue weighted by molar-refractivity contribution is -0.160. The van der Waals surface area contributed by atoms with Crippen molar-refractivity contribution in [1.29, 1.82) is 0 Å². The molecule has 0 N–H and O–H groups in total. The third-order valence-corrected chi connectivity index (χ3v) is 4.16. The van der Waals surface area contributed by atoms with Gasteiger partial charge in [-0.2, -0.15) is 0 Å². The van der Waals surface area contributed by atoms with Crippen molar-refractivity contribution in [3.05, 3.63) is 0 Å². The van der Waals surface area contributed by atoms with Crippen LogP contribution in [0.25, 0.3) is 0 Å². The third kappa shape index (κ3) is 2.90. The van der Waals surface area contributed by atoms with Crippen LogP contribution in [0.2, 0.25) is 0 Å². The highest BCUT2D eigenvalue weighted by Crippen LogP contribution is 2.22. The molecule has 2 saturated heterocycles. The van der Waals surface area contributed by atoms with Gasteiger partial charge in [0.25, 0.3) is 0 Å². The largest absolute Gasteiger partial charge is 0.467 e. The van der Waals surface area contributed by atoms with Crippen molar-refractivity contribution in [2.75, 3.05) is 27.3 Å². The van der Waals surface area contributed by atoms with E-state index in [1.807, 2.05) is 0 Å². The monoisotopic (exact) mass is 312 g/mol. The first-order chi connectivity index (χ1) is 10.5. The Balaban J connectivity index is 2.10. The molecule has 2 aliphatic heterocycles. The van der Waals surface area contributed by atoms with E-state index in [0.717, 1.165) is 0 Å². The fourth-order valence-corrected chi connectivity index (χ4v) is 3.03. The van der Waals surface area contributed by atoms with Crippen LogP contribution in [0.1, 0.15) is 25.7 Å². The summed E-state index contributed by atoms with van der Waals surface area (Å²) in [5.41, 5.74) is 0. The molecule has 2 amide bonds. The molecular weight excluding hydrogens is 292 g/mol. The predicted molar refractivity (Wildman–Crippen MR) is 73.5 cm³/mol. The van der Waals surface area contributed by atoms with Gasteiger partial charge in [-0.3, -0.25) is 9.59 Å². The van der Waals surface area contributed by atoms with Crippen molar-refractivity contribution in [2.45, 2.75) is 37.8 Å². The standard InChI is InChI=1S/C14H20N2O6/c1-21-13(19)9-5-3-7-15(9)11(17)12(18)16-8-4-6-10(16)14(20)22-2/h9-10H,3-8H2,1-2H3/t9-,10-/m0/s1. The molecule has 2 heterocycles. The topological polar surface area (TPSA) is 93.2 Å². The molecule has 122 valence electrons. The minimum absolute atomic E-state index is 0.334. The number of likely N-dealkylation sites (tertiary alicyclic amines) is 2. The summed E-state index contributed by atoms with van der Waals surface area (Å²) in [6.07, 6.45) is 2.23. The highest BCUT2D eigenvalue weighted by Gasteiger charge is 2.43. The molecule has 2 rings (SSSR count). The Bertz CT molecular complexity index is 448. The van der Waals surface area contributed by atoms with E-state index in [1.165, 1.54) is 24.0 Å². The molecule has 0 saturated carbocycles. The van der Waals surface area contributed by atoms with E-state index in [-0.39, 0.29) is 0 Å². The lowest BCUT2D eigenvalue weighted by Gasteiger charge is -2.27. The van der Waals surface area contributed by atoms with E-state index in [2.05, 4.69) is 9.47 Å². The van der Waals surface area contributed by atoms with Crippen molar-refractivity contribution in [2.24, 2.45) is 0 Å². The minimum atomic E-state index is -0.760. The van der Waals surface area contributed by atoms with E-state index in [9.17, 15) is 19.2 Å². The van der Waals surface area contributed by atoms with Crippen molar-refractivity contribution >= 4 is 23.8 Å². The summed E-state index contributed by atoms with van der Waals surface area (Å²) in [5, 5.41) is 0. The molecule has 0 bridgehead atoms. The second-order valence-electron chi connectivity index (χ2n) is 5.36. The van der Waals surface area contributed by atoms with Crippen LogP contribution < -0.4 is 0 Å². The summed E-state index contributed by atoms with van der Waals surface area (Å²) in [7, 11) is 2.50. The van der Waals surface area contributed by atoms with Crippen LogP contribution in [0, 0.1) is 0 Å². The van der Waals surface area contributed by atoms with Crippen molar-refractivity contribution in [3.8, 4) is 0 Å². The molecule has 0 aromatic carbocycles. The fraction of sp³-hybridized carbons (Fsp3) is 0.714. The molecule has 2 fully saturated rings. The lowest BCUT2D eigenvalue weighted by atomic mass is 10.2. The van der Waals surface area contributed by atoms with Gasteiger partial charge in [-0.1, -0.05) is 0 Å². The van der Waals surface area contributed by atoms with Gasteiger partial charge >= 0.3 is 23.8 Å². The van der Waals surface area contributed by atoms with Gasteiger partial charge in [-0.05, 0) is 25.7 Å². The second kappa shape index (κ2) is 6.76. The molecule has 2 atom stereocenters. The number of carbonyl (C=O) groups excluding carboxylic acids is 4. The maximum atomic E-state index is 12.4. The molecule has 2 aliphatic rings. The normalized spacial score (nSPS) is 24.3. The number of nitrogens with zero attached hydrogens (tertiary/aromatic N) is 2. The number of carbonyl (C=O) groups is 4. The average molecular weight is 312 g/mol. The molecular formula is C14H20N2O6. The molecule has 8 heteroatoms. The summed E-state index contributed by atoms with van der Waals surface area (Å²) in [4.78, 5) is 50.6. The Morgan fingerprint density at radius 3 is 1.45 bits per heavy atom. The lowest BCUT2D eigenvalue weighted by Crippen LogP contribution is -2.52. The van der Waals surface area contributed by atoms with Crippen molar-refractivity contribution in [1.82, 2.24) is 9.80 Å². The van der Waals surface area contributed by atoms with Crippen molar-refractivity contribution in [3.63, 3.8) is 0 Å². The Labute approximate surface area is 128 Å². The number of hydrogen-bond acceptors (Lipinski definition) is 6. The van der Waals surface area contributed by atoms with Crippen LogP contribution in [-0.2, 0) is 28.7 Å². The minimum Gasteiger partial charge on any atom is -0.467 e. The zero-order chi connectivity index (χ0) is 16.3.